The molecule has 0 aliphatic rings. The lowest BCUT2D eigenvalue weighted by Gasteiger charge is -2.21. The minimum absolute atomic E-state index is 0.152. The van der Waals surface area contributed by atoms with Gasteiger partial charge in [-0.1, -0.05) is 0 Å². The van der Waals surface area contributed by atoms with Gasteiger partial charge in [0.1, 0.15) is 18.6 Å². The summed E-state index contributed by atoms with van der Waals surface area (Å²) in [6, 6.07) is -3.60. The fourth-order valence-electron chi connectivity index (χ4n) is 2.08. The number of aromatic nitrogens is 2. The molecule has 13 heteroatoms. The molecule has 0 radical (unpaired) electrons. The van der Waals surface area contributed by atoms with E-state index in [9.17, 15) is 24.0 Å². The Bertz CT molecular complexity index is 720. The quantitative estimate of drug-likeness (QED) is 0.201. The number of nitrogens with one attached hydrogen (secondary N) is 4. The van der Waals surface area contributed by atoms with Gasteiger partial charge in [-0.25, -0.2) is 4.98 Å². The summed E-state index contributed by atoms with van der Waals surface area (Å²) in [7, 11) is 0. The van der Waals surface area contributed by atoms with Gasteiger partial charge in [0.2, 0.25) is 17.7 Å². The molecule has 154 valence electrons. The molecular weight excluding hydrogens is 376 g/mol. The van der Waals surface area contributed by atoms with E-state index in [4.69, 9.17) is 15.9 Å². The molecule has 1 rings (SSSR count). The number of carboxylic acid groups (broad SMARTS) is 2. The minimum Gasteiger partial charge on any atom is -0.481 e. The Hall–Kier alpha value is -3.48. The largest absolute Gasteiger partial charge is 0.481 e. The lowest BCUT2D eigenvalue weighted by molar-refractivity contribution is -0.141. The van der Waals surface area contributed by atoms with Crippen molar-refractivity contribution in [3.05, 3.63) is 18.2 Å². The Morgan fingerprint density at radius 2 is 1.79 bits per heavy atom. The van der Waals surface area contributed by atoms with Crippen LogP contribution in [-0.2, 0) is 30.4 Å². The fraction of sp³-hybridized carbons (Fsp3) is 0.467. The van der Waals surface area contributed by atoms with Gasteiger partial charge in [-0.3, -0.25) is 24.0 Å². The first-order valence-corrected chi connectivity index (χ1v) is 8.15. The second-order valence-corrected chi connectivity index (χ2v) is 5.89. The summed E-state index contributed by atoms with van der Waals surface area (Å²) in [6.45, 7) is 0.586. The number of rotatable bonds is 11. The van der Waals surface area contributed by atoms with Crippen LogP contribution in [0, 0.1) is 0 Å². The van der Waals surface area contributed by atoms with Crippen LogP contribution in [0.25, 0.3) is 0 Å². The number of hydrogen-bond acceptors (Lipinski definition) is 7. The molecule has 13 nitrogen and oxygen atoms in total. The van der Waals surface area contributed by atoms with Gasteiger partial charge in [-0.05, 0) is 6.92 Å². The first-order valence-electron chi connectivity index (χ1n) is 8.15. The Balaban J connectivity index is 2.62. The van der Waals surface area contributed by atoms with Gasteiger partial charge in [0, 0.05) is 18.3 Å². The lowest BCUT2D eigenvalue weighted by atomic mass is 10.1. The highest BCUT2D eigenvalue weighted by Gasteiger charge is 2.27. The van der Waals surface area contributed by atoms with Crippen molar-refractivity contribution in [1.29, 1.82) is 0 Å². The third-order valence-corrected chi connectivity index (χ3v) is 3.51. The Labute approximate surface area is 159 Å². The highest BCUT2D eigenvalue weighted by molar-refractivity contribution is 5.95. The molecule has 1 aromatic rings. The molecule has 0 aliphatic heterocycles. The van der Waals surface area contributed by atoms with Crippen molar-refractivity contribution in [2.45, 2.75) is 37.9 Å². The van der Waals surface area contributed by atoms with Gasteiger partial charge < -0.3 is 36.9 Å². The molecule has 0 aliphatic carbocycles. The third kappa shape index (κ3) is 7.82. The fourth-order valence-corrected chi connectivity index (χ4v) is 2.08. The smallest absolute Gasteiger partial charge is 0.322 e. The third-order valence-electron chi connectivity index (χ3n) is 3.51. The van der Waals surface area contributed by atoms with Crippen LogP contribution in [0.4, 0.5) is 0 Å². The lowest BCUT2D eigenvalue weighted by Crippen LogP contribution is -2.55. The van der Waals surface area contributed by atoms with E-state index in [2.05, 4.69) is 20.6 Å². The van der Waals surface area contributed by atoms with E-state index in [0.29, 0.717) is 5.69 Å². The molecule has 0 bridgehead atoms. The second kappa shape index (κ2) is 10.6. The number of carbonyl (C=O) groups is 5. The van der Waals surface area contributed by atoms with Crippen LogP contribution < -0.4 is 21.7 Å². The van der Waals surface area contributed by atoms with E-state index >= 15 is 0 Å². The molecule has 3 unspecified atom stereocenters. The maximum atomic E-state index is 12.2. The van der Waals surface area contributed by atoms with E-state index in [0.717, 1.165) is 0 Å². The number of nitrogens with zero attached hydrogens (tertiary/aromatic N) is 1. The molecule has 0 fully saturated rings. The molecule has 3 amide bonds. The summed E-state index contributed by atoms with van der Waals surface area (Å²) >= 11 is 0. The Morgan fingerprint density at radius 1 is 1.11 bits per heavy atom. The van der Waals surface area contributed by atoms with Crippen LogP contribution in [0.5, 0.6) is 0 Å². The Morgan fingerprint density at radius 3 is 2.32 bits per heavy atom. The van der Waals surface area contributed by atoms with Gasteiger partial charge in [0.25, 0.3) is 0 Å². The van der Waals surface area contributed by atoms with Crippen LogP contribution >= 0.6 is 0 Å². The highest BCUT2D eigenvalue weighted by atomic mass is 16.4. The van der Waals surface area contributed by atoms with Crippen molar-refractivity contribution < 1.29 is 34.2 Å². The number of H-pyrrole nitrogens is 1. The molecule has 1 aromatic heterocycles. The zero-order chi connectivity index (χ0) is 21.3. The molecule has 0 saturated carbocycles. The summed E-state index contributed by atoms with van der Waals surface area (Å²) in [5.41, 5.74) is 6.37. The molecule has 0 saturated heterocycles. The number of aromatic amines is 1. The van der Waals surface area contributed by atoms with E-state index in [-0.39, 0.29) is 6.42 Å². The van der Waals surface area contributed by atoms with Gasteiger partial charge in [0.05, 0.1) is 18.8 Å². The summed E-state index contributed by atoms with van der Waals surface area (Å²) in [5, 5.41) is 23.9. The SMILES string of the molecule is CC(NC(=O)C(N)Cc1cnc[nH]1)C(=O)NC(CC(=O)O)C(=O)NCC(=O)O. The maximum absolute atomic E-state index is 12.2. The van der Waals surface area contributed by atoms with Crippen molar-refractivity contribution >= 4 is 29.7 Å². The van der Waals surface area contributed by atoms with Crippen LogP contribution in [0.3, 0.4) is 0 Å². The van der Waals surface area contributed by atoms with Crippen LogP contribution in [-0.4, -0.2) is 74.5 Å². The van der Waals surface area contributed by atoms with E-state index in [1.165, 1.54) is 19.4 Å². The zero-order valence-corrected chi connectivity index (χ0v) is 15.0. The molecule has 0 aromatic carbocycles. The number of hydrogen-bond donors (Lipinski definition) is 7. The zero-order valence-electron chi connectivity index (χ0n) is 15.0. The predicted octanol–water partition coefficient (Wildman–Crippen LogP) is -3.06. The van der Waals surface area contributed by atoms with Crippen LogP contribution in [0.1, 0.15) is 19.0 Å². The number of amides is 3. The van der Waals surface area contributed by atoms with Gasteiger partial charge >= 0.3 is 11.9 Å². The number of imidazole rings is 1. The highest BCUT2D eigenvalue weighted by Crippen LogP contribution is 1.98. The van der Waals surface area contributed by atoms with E-state index in [1.54, 1.807) is 0 Å². The topological polar surface area (TPSA) is 217 Å². The summed E-state index contributed by atoms with van der Waals surface area (Å²) in [6.07, 6.45) is 2.31. The van der Waals surface area contributed by atoms with Gasteiger partial charge in [-0.15, -0.1) is 0 Å². The van der Waals surface area contributed by atoms with Crippen molar-refractivity contribution in [2.75, 3.05) is 6.54 Å². The predicted molar refractivity (Wildman–Crippen MR) is 92.7 cm³/mol. The minimum atomic E-state index is -1.51. The molecule has 1 heterocycles. The summed E-state index contributed by atoms with van der Waals surface area (Å²) in [5.74, 6) is -5.16. The molecule has 8 N–H and O–H groups in total. The number of carboxylic acids is 2. The normalized spacial score (nSPS) is 13.6. The second-order valence-electron chi connectivity index (χ2n) is 5.89. The molecule has 28 heavy (non-hydrogen) atoms. The van der Waals surface area contributed by atoms with Gasteiger partial charge in [-0.2, -0.15) is 0 Å². The average Bonchev–Trinajstić information content (AvgIpc) is 3.11. The van der Waals surface area contributed by atoms with E-state index < -0.39 is 60.8 Å². The molecular formula is C15H22N6O7. The number of aliphatic carboxylic acids is 2. The maximum Gasteiger partial charge on any atom is 0.322 e. The van der Waals surface area contributed by atoms with E-state index in [1.807, 2.05) is 5.32 Å². The van der Waals surface area contributed by atoms with Crippen LogP contribution in [0.15, 0.2) is 12.5 Å². The Kier molecular flexibility index (Phi) is 8.55. The van der Waals surface area contributed by atoms with Crippen LogP contribution in [0.2, 0.25) is 0 Å². The molecule has 3 atom stereocenters. The van der Waals surface area contributed by atoms with Crippen molar-refractivity contribution in [2.24, 2.45) is 5.73 Å². The summed E-state index contributed by atoms with van der Waals surface area (Å²) in [4.78, 5) is 64.1. The first-order chi connectivity index (χ1) is 13.1. The standard InChI is InChI=1S/C15H22N6O7/c1-7(20-14(27)9(16)2-8-4-17-6-19-8)13(26)21-10(3-11(22)23)15(28)18-5-12(24)25/h4,6-7,9-10H,2-3,5,16H2,1H3,(H,17,19)(H,18,28)(H,20,27)(H,21,26)(H,22,23)(H,24,25). The van der Waals surface area contributed by atoms with Gasteiger partial charge in [0.15, 0.2) is 0 Å². The van der Waals surface area contributed by atoms with Crippen molar-refractivity contribution in [3.63, 3.8) is 0 Å². The number of carbonyl (C=O) groups excluding carboxylic acids is 3. The molecule has 0 spiro atoms. The average molecular weight is 398 g/mol. The number of nitrogens with two attached hydrogens (primary N) is 1. The van der Waals surface area contributed by atoms with Crippen molar-refractivity contribution in [3.8, 4) is 0 Å². The first kappa shape index (κ1) is 22.6. The summed E-state index contributed by atoms with van der Waals surface area (Å²) < 4.78 is 0. The van der Waals surface area contributed by atoms with Crippen molar-refractivity contribution in [1.82, 2.24) is 25.9 Å². The monoisotopic (exact) mass is 398 g/mol.